The lowest BCUT2D eigenvalue weighted by atomic mass is 10.3. The van der Waals surface area contributed by atoms with Gasteiger partial charge in [0.2, 0.25) is 0 Å². The number of hydrogen-bond donors (Lipinski definition) is 3. The molecule has 226 valence electrons. The van der Waals surface area contributed by atoms with Crippen molar-refractivity contribution < 1.29 is 72.7 Å². The first-order valence-electron chi connectivity index (χ1n) is 11.9. The molecule has 0 radical (unpaired) electrons. The van der Waals surface area contributed by atoms with Crippen molar-refractivity contribution in [2.24, 2.45) is 0 Å². The average molecular weight is 593 g/mol. The Morgan fingerprint density at radius 1 is 0.500 bits per heavy atom. The van der Waals surface area contributed by atoms with E-state index in [1.807, 2.05) is 0 Å². The Morgan fingerprint density at radius 3 is 0.900 bits per heavy atom. The molecule has 0 aromatic carbocycles. The van der Waals surface area contributed by atoms with Gasteiger partial charge in [-0.2, -0.15) is 0 Å². The molecular weight excluding hydrogens is 555 g/mol. The van der Waals surface area contributed by atoms with Crippen LogP contribution in [0.1, 0.15) is 66.7 Å². The number of hydrogen-bond acceptors (Lipinski definition) is 12. The van der Waals surface area contributed by atoms with Gasteiger partial charge in [-0.15, -0.1) is 0 Å². The molecule has 0 heterocycles. The summed E-state index contributed by atoms with van der Waals surface area (Å²) in [7, 11) is 0. The maximum atomic E-state index is 11.4. The quantitative estimate of drug-likeness (QED) is 0.125. The number of rotatable bonds is 16. The molecule has 0 amide bonds. The highest BCUT2D eigenvalue weighted by Crippen LogP contribution is 1.99. The van der Waals surface area contributed by atoms with E-state index in [-0.39, 0.29) is 84.8 Å². The summed E-state index contributed by atoms with van der Waals surface area (Å²) in [5, 5.41) is 24.1. The van der Waals surface area contributed by atoms with Gasteiger partial charge in [-0.3, -0.25) is 38.4 Å². The lowest BCUT2D eigenvalue weighted by molar-refractivity contribution is -0.146. The van der Waals surface area contributed by atoms with Crippen molar-refractivity contribution in [2.75, 3.05) is 13.2 Å². The molecule has 0 spiro atoms. The maximum Gasteiger partial charge on any atom is 0.313 e. The lowest BCUT2D eigenvalue weighted by Crippen LogP contribution is -2.15. The summed E-state index contributed by atoms with van der Waals surface area (Å²) in [4.78, 5) is 103. The van der Waals surface area contributed by atoms with Gasteiger partial charge in [-0.05, 0) is 45.2 Å². The fraction of sp³-hybridized carbons (Fsp3) is 0.583. The van der Waals surface area contributed by atoms with Crippen LogP contribution in [0.2, 0.25) is 10.6 Å². The van der Waals surface area contributed by atoms with Gasteiger partial charge >= 0.3 is 29.8 Å². The van der Waals surface area contributed by atoms with Crippen LogP contribution >= 0.6 is 0 Å². The summed E-state index contributed by atoms with van der Waals surface area (Å²) < 4.78 is 9.29. The molecule has 0 atom stereocenters. The minimum atomic E-state index is -1.06. The predicted molar refractivity (Wildman–Crippen MR) is 138 cm³/mol. The first-order valence-corrected chi connectivity index (χ1v) is 13.9. The Balaban J connectivity index is -0.000000252. The van der Waals surface area contributed by atoms with Gasteiger partial charge in [0.25, 0.3) is 15.2 Å². The number of carboxylic acid groups (broad SMARTS) is 3. The van der Waals surface area contributed by atoms with Crippen LogP contribution in [-0.4, -0.2) is 103 Å². The molecule has 0 aromatic heterocycles. The smallest absolute Gasteiger partial charge is 0.313 e. The molecule has 0 saturated heterocycles. The standard InChI is InChI=1S/2C6H9O3.3C4H6O3.Al.H/c2*1-3-9-6(8)4-5(2)7;3*1-3(5)2-4(6)7;;/h2*2-4H2,1H3;3*2H2,1H3,(H,6,7);;. The third kappa shape index (κ3) is 47.4. The van der Waals surface area contributed by atoms with Crippen LogP contribution in [0, 0.1) is 0 Å². The van der Waals surface area contributed by atoms with E-state index >= 15 is 0 Å². The Morgan fingerprint density at radius 2 is 0.750 bits per heavy atom. The van der Waals surface area contributed by atoms with Gasteiger partial charge in [0, 0.05) is 0 Å². The van der Waals surface area contributed by atoms with Crippen LogP contribution in [-0.2, 0) is 57.4 Å². The summed E-state index contributed by atoms with van der Waals surface area (Å²) in [6.45, 7) is 7.58. The van der Waals surface area contributed by atoms with E-state index in [1.54, 1.807) is 13.8 Å². The van der Waals surface area contributed by atoms with Crippen molar-refractivity contribution >= 4 is 74.0 Å². The van der Waals surface area contributed by atoms with Crippen LogP contribution in [0.25, 0.3) is 0 Å². The highest BCUT2D eigenvalue weighted by molar-refractivity contribution is 6.47. The maximum absolute atomic E-state index is 11.4. The molecule has 15 nitrogen and oxygen atoms in total. The van der Waals surface area contributed by atoms with Crippen molar-refractivity contribution in [1.29, 1.82) is 0 Å². The van der Waals surface area contributed by atoms with Crippen LogP contribution in [0.15, 0.2) is 0 Å². The minimum Gasteiger partial charge on any atom is -0.481 e. The molecule has 0 bridgehead atoms. The number of Topliss-reactive ketones (excluding diaryl/α,β-unsaturated/α-hetero) is 5. The number of aliphatic carboxylic acids is 3. The number of carboxylic acids is 3. The number of ether oxygens (including phenoxy) is 2. The van der Waals surface area contributed by atoms with Crippen LogP contribution < -0.4 is 0 Å². The van der Waals surface area contributed by atoms with Gasteiger partial charge in [0.15, 0.2) is 0 Å². The largest absolute Gasteiger partial charge is 0.481 e. The van der Waals surface area contributed by atoms with E-state index in [1.165, 1.54) is 20.8 Å². The fourth-order valence-electron chi connectivity index (χ4n) is 2.04. The molecule has 0 unspecified atom stereocenters. The summed E-state index contributed by atoms with van der Waals surface area (Å²) in [6.07, 6.45) is -1.54. The molecule has 0 aliphatic rings. The van der Waals surface area contributed by atoms with Gasteiger partial charge in [-0.1, -0.05) is 0 Å². The van der Waals surface area contributed by atoms with Crippen molar-refractivity contribution in [3.05, 3.63) is 0 Å². The second kappa shape index (κ2) is 28.2. The van der Waals surface area contributed by atoms with Crippen LogP contribution in [0.3, 0.4) is 0 Å². The zero-order valence-corrected chi connectivity index (χ0v) is 24.7. The van der Waals surface area contributed by atoms with E-state index < -0.39 is 45.1 Å². The predicted octanol–water partition coefficient (Wildman–Crippen LogP) is 0.454. The molecule has 0 fully saturated rings. The third-order valence-corrected chi connectivity index (χ3v) is 5.23. The van der Waals surface area contributed by atoms with Crippen LogP contribution in [0.5, 0.6) is 0 Å². The molecule has 40 heavy (non-hydrogen) atoms. The normalized spacial score (nSPS) is 8.82. The van der Waals surface area contributed by atoms with Crippen molar-refractivity contribution in [3.63, 3.8) is 0 Å². The molecular formula is C24H37AlO15. The number of ketones is 5. The van der Waals surface area contributed by atoms with Gasteiger partial charge < -0.3 is 34.4 Å². The van der Waals surface area contributed by atoms with E-state index in [4.69, 9.17) is 15.3 Å². The number of esters is 2. The summed E-state index contributed by atoms with van der Waals surface area (Å²) >= 11 is -0.912. The summed E-state index contributed by atoms with van der Waals surface area (Å²) in [5.41, 5.74) is 0. The molecule has 16 heteroatoms. The van der Waals surface area contributed by atoms with E-state index in [0.717, 1.165) is 0 Å². The second-order valence-electron chi connectivity index (χ2n) is 7.71. The highest BCUT2D eigenvalue weighted by atomic mass is 27.1. The Kier molecular flexibility index (Phi) is 30.6. The van der Waals surface area contributed by atoms with Crippen LogP contribution in [0.4, 0.5) is 0 Å². The van der Waals surface area contributed by atoms with Gasteiger partial charge in [0.1, 0.15) is 61.0 Å². The number of carbonyl (C=O) groups excluding carboxylic acids is 7. The molecule has 0 saturated carbocycles. The summed E-state index contributed by atoms with van der Waals surface area (Å²) in [6, 6.07) is 0. The molecule has 3 N–H and O–H groups in total. The third-order valence-electron chi connectivity index (χ3n) is 3.41. The Labute approximate surface area is 237 Å². The monoisotopic (exact) mass is 592 g/mol. The molecule has 0 aliphatic heterocycles. The highest BCUT2D eigenvalue weighted by Gasteiger charge is 2.15. The molecule has 0 rings (SSSR count). The van der Waals surface area contributed by atoms with Crippen molar-refractivity contribution in [1.82, 2.24) is 0 Å². The fourth-order valence-corrected chi connectivity index (χ4v) is 3.36. The zero-order valence-electron chi connectivity index (χ0n) is 23.3. The van der Waals surface area contributed by atoms with E-state index in [2.05, 4.69) is 9.47 Å². The van der Waals surface area contributed by atoms with Crippen molar-refractivity contribution in [2.45, 2.75) is 77.3 Å². The van der Waals surface area contributed by atoms with E-state index in [0.29, 0.717) is 0 Å². The average Bonchev–Trinajstić information content (AvgIpc) is 2.72. The first-order chi connectivity index (χ1) is 18.4. The van der Waals surface area contributed by atoms with Crippen molar-refractivity contribution in [3.8, 4) is 0 Å². The summed E-state index contributed by atoms with van der Waals surface area (Å²) in [5.74, 6) is -5.58. The first kappa shape index (κ1) is 43.3. The topological polar surface area (TPSA) is 250 Å². The second-order valence-corrected chi connectivity index (χ2v) is 9.42. The minimum absolute atomic E-state index is 0.200. The Hall–Kier alpha value is -3.77. The van der Waals surface area contributed by atoms with Gasteiger partial charge in [0.05, 0.1) is 13.2 Å². The SMILES string of the molecule is CC(=O)CC(=O)O.CC(=O)CC(=O)O.CC(=O)CC(=O)O.CCOC(=O)CC(=O)[CH2][AlH][CH2]C(=O)CC(=O)OCC. The Bertz CT molecular complexity index is 763. The molecule has 0 aromatic rings. The number of carbonyl (C=O) groups is 10. The van der Waals surface area contributed by atoms with Gasteiger partial charge in [-0.25, -0.2) is 0 Å². The lowest BCUT2D eigenvalue weighted by Gasteiger charge is -2.01. The van der Waals surface area contributed by atoms with E-state index in [9.17, 15) is 47.9 Å². The molecule has 0 aliphatic carbocycles. The zero-order chi connectivity index (χ0) is 32.3.